The average molecular weight is 589 g/mol. The number of aliphatic imine (C=N–C) groups is 2. The van der Waals surface area contributed by atoms with Crippen LogP contribution >= 0.6 is 11.6 Å². The molecule has 0 aliphatic carbocycles. The molecule has 6 nitrogen and oxygen atoms in total. The second-order valence-corrected chi connectivity index (χ2v) is 11.7. The minimum atomic E-state index is -0.190. The van der Waals surface area contributed by atoms with E-state index in [0.717, 1.165) is 64.7 Å². The molecule has 0 amide bonds. The molecule has 224 valence electrons. The first-order chi connectivity index (χ1) is 20.0. The van der Waals surface area contributed by atoms with Crippen molar-refractivity contribution in [1.29, 1.82) is 0 Å². The van der Waals surface area contributed by atoms with Crippen molar-refractivity contribution in [2.75, 3.05) is 13.0 Å². The summed E-state index contributed by atoms with van der Waals surface area (Å²) in [5, 5.41) is 0. The number of esters is 1. The second-order valence-electron chi connectivity index (χ2n) is 11.3. The molecule has 4 rings (SSSR count). The highest BCUT2D eigenvalue weighted by Crippen LogP contribution is 2.36. The van der Waals surface area contributed by atoms with Crippen LogP contribution in [0.5, 0.6) is 0 Å². The van der Waals surface area contributed by atoms with Gasteiger partial charge in [-0.25, -0.2) is 0 Å². The van der Waals surface area contributed by atoms with Crippen molar-refractivity contribution in [2.45, 2.75) is 93.9 Å². The molecule has 2 aromatic heterocycles. The molecule has 0 bridgehead atoms. The SMILES string of the molecule is CCC1=C(C)/C(=C/c2[nH]c(C)c(CCCl)c2C)N=C1CC1=N/C(=C\c2[nH]c(C)c(CCC(=O)OC)c2C)C(CC)=C1C. The van der Waals surface area contributed by atoms with E-state index >= 15 is 0 Å². The van der Waals surface area contributed by atoms with E-state index in [9.17, 15) is 4.79 Å². The molecule has 42 heavy (non-hydrogen) atoms. The predicted octanol–water partition coefficient (Wildman–Crippen LogP) is 8.60. The number of aromatic amines is 2. The van der Waals surface area contributed by atoms with Crippen molar-refractivity contribution in [1.82, 2.24) is 9.97 Å². The highest BCUT2D eigenvalue weighted by molar-refractivity contribution is 6.21. The number of hydrogen-bond donors (Lipinski definition) is 2. The van der Waals surface area contributed by atoms with Gasteiger partial charge in [0.15, 0.2) is 0 Å². The Bertz CT molecular complexity index is 1590. The summed E-state index contributed by atoms with van der Waals surface area (Å²) in [7, 11) is 1.43. The van der Waals surface area contributed by atoms with Crippen LogP contribution in [-0.4, -0.2) is 40.4 Å². The lowest BCUT2D eigenvalue weighted by molar-refractivity contribution is -0.140. The summed E-state index contributed by atoms with van der Waals surface area (Å²) in [6.07, 6.45) is 8.78. The van der Waals surface area contributed by atoms with Gasteiger partial charge in [-0.1, -0.05) is 13.8 Å². The minimum absolute atomic E-state index is 0.190. The van der Waals surface area contributed by atoms with Crippen LogP contribution < -0.4 is 0 Å². The fourth-order valence-electron chi connectivity index (χ4n) is 6.35. The summed E-state index contributed by atoms with van der Waals surface area (Å²) in [6, 6.07) is 0. The molecule has 0 saturated carbocycles. The van der Waals surface area contributed by atoms with Crippen LogP contribution in [0.1, 0.15) is 98.4 Å². The van der Waals surface area contributed by atoms with E-state index in [1.807, 2.05) is 0 Å². The van der Waals surface area contributed by atoms with E-state index in [4.69, 9.17) is 26.3 Å². The van der Waals surface area contributed by atoms with Gasteiger partial charge in [-0.05, 0) is 124 Å². The Morgan fingerprint density at radius 3 is 1.88 bits per heavy atom. The van der Waals surface area contributed by atoms with E-state index in [2.05, 4.69) is 77.5 Å². The fraction of sp³-hybridized carbons (Fsp3) is 0.457. The van der Waals surface area contributed by atoms with Crippen LogP contribution in [0.25, 0.3) is 12.2 Å². The van der Waals surface area contributed by atoms with Gasteiger partial charge in [0.2, 0.25) is 0 Å². The number of ether oxygens (including phenoxy) is 1. The summed E-state index contributed by atoms with van der Waals surface area (Å²) in [5.41, 5.74) is 18.6. The lowest BCUT2D eigenvalue weighted by Gasteiger charge is -2.07. The number of alkyl halides is 1. The van der Waals surface area contributed by atoms with Crippen LogP contribution in [0.2, 0.25) is 0 Å². The van der Waals surface area contributed by atoms with Gasteiger partial charge >= 0.3 is 5.97 Å². The summed E-state index contributed by atoms with van der Waals surface area (Å²) in [6.45, 7) is 17.2. The van der Waals surface area contributed by atoms with Gasteiger partial charge < -0.3 is 14.7 Å². The van der Waals surface area contributed by atoms with E-state index in [1.54, 1.807) is 0 Å². The Balaban J connectivity index is 1.65. The number of nitrogens with one attached hydrogen (secondary N) is 2. The van der Waals surface area contributed by atoms with Crippen molar-refractivity contribution >= 4 is 41.1 Å². The molecule has 0 saturated heterocycles. The third-order valence-corrected chi connectivity index (χ3v) is 9.10. The number of hydrogen-bond acceptors (Lipinski definition) is 4. The molecule has 0 spiro atoms. The quantitative estimate of drug-likeness (QED) is 0.203. The fourth-order valence-corrected chi connectivity index (χ4v) is 6.54. The number of allylic oxidation sites excluding steroid dienone is 4. The molecule has 0 atom stereocenters. The number of aryl methyl sites for hydroxylation is 2. The molecular formula is C35H45ClN4O2. The van der Waals surface area contributed by atoms with Crippen LogP contribution in [-0.2, 0) is 22.4 Å². The molecule has 2 aliphatic heterocycles. The number of H-pyrrole nitrogens is 2. The Labute approximate surface area is 255 Å². The largest absolute Gasteiger partial charge is 0.469 e. The molecule has 2 aliphatic rings. The minimum Gasteiger partial charge on any atom is -0.469 e. The third-order valence-electron chi connectivity index (χ3n) is 8.91. The Kier molecular flexibility index (Phi) is 9.98. The van der Waals surface area contributed by atoms with Crippen molar-refractivity contribution < 1.29 is 9.53 Å². The van der Waals surface area contributed by atoms with Gasteiger partial charge in [0.1, 0.15) is 0 Å². The smallest absolute Gasteiger partial charge is 0.305 e. The molecule has 4 heterocycles. The zero-order chi connectivity index (χ0) is 30.7. The molecule has 0 radical (unpaired) electrons. The highest BCUT2D eigenvalue weighted by atomic mass is 35.5. The first-order valence-electron chi connectivity index (χ1n) is 15.0. The Hall–Kier alpha value is -3.38. The van der Waals surface area contributed by atoms with E-state index in [0.29, 0.717) is 25.1 Å². The molecular weight excluding hydrogens is 544 g/mol. The molecule has 2 N–H and O–H groups in total. The van der Waals surface area contributed by atoms with Gasteiger partial charge in [-0.15, -0.1) is 11.6 Å². The first-order valence-corrected chi connectivity index (χ1v) is 15.6. The average Bonchev–Trinajstić information content (AvgIpc) is 3.61. The maximum absolute atomic E-state index is 11.7. The summed E-state index contributed by atoms with van der Waals surface area (Å²) in [5.74, 6) is 0.422. The Morgan fingerprint density at radius 2 is 1.33 bits per heavy atom. The van der Waals surface area contributed by atoms with Crippen molar-refractivity contribution in [2.24, 2.45) is 9.98 Å². The lowest BCUT2D eigenvalue weighted by atomic mass is 9.95. The highest BCUT2D eigenvalue weighted by Gasteiger charge is 2.26. The summed E-state index contributed by atoms with van der Waals surface area (Å²) < 4.78 is 4.84. The number of rotatable bonds is 11. The number of aromatic nitrogens is 2. The van der Waals surface area contributed by atoms with E-state index < -0.39 is 0 Å². The lowest BCUT2D eigenvalue weighted by Crippen LogP contribution is -2.09. The van der Waals surface area contributed by atoms with Gasteiger partial charge in [0, 0.05) is 41.5 Å². The van der Waals surface area contributed by atoms with Crippen LogP contribution in [0.4, 0.5) is 0 Å². The zero-order valence-electron chi connectivity index (χ0n) is 26.7. The standard InChI is InChI=1S/C35H45ClN4O2/c1-10-25-19(3)31(16-29-22(6)28(14-15-36)24(8)38-29)39-34(25)18-32-20(4)26(11-2)33(40-32)17-30-21(5)27(23(7)37-30)12-13-35(41)42-9/h16-17,37-38H,10-15,18H2,1-9H3/b31-16-,33-17-. The molecule has 7 heteroatoms. The van der Waals surface area contributed by atoms with Crippen LogP contribution in [0.15, 0.2) is 43.7 Å². The zero-order valence-corrected chi connectivity index (χ0v) is 27.4. The number of halogens is 1. The molecule has 0 aromatic carbocycles. The normalized spacial score (nSPS) is 17.3. The topological polar surface area (TPSA) is 82.6 Å². The van der Waals surface area contributed by atoms with Crippen molar-refractivity contribution in [3.8, 4) is 0 Å². The van der Waals surface area contributed by atoms with E-state index in [1.165, 1.54) is 51.8 Å². The molecule has 0 unspecified atom stereocenters. The van der Waals surface area contributed by atoms with E-state index in [-0.39, 0.29) is 5.97 Å². The van der Waals surface area contributed by atoms with Crippen molar-refractivity contribution in [3.63, 3.8) is 0 Å². The summed E-state index contributed by atoms with van der Waals surface area (Å²) in [4.78, 5) is 29.1. The van der Waals surface area contributed by atoms with Crippen molar-refractivity contribution in [3.05, 3.63) is 78.7 Å². The second kappa shape index (κ2) is 13.3. The number of methoxy groups -OCH3 is 1. The van der Waals surface area contributed by atoms with Gasteiger partial charge in [0.25, 0.3) is 0 Å². The maximum Gasteiger partial charge on any atom is 0.305 e. The van der Waals surface area contributed by atoms with Gasteiger partial charge in [0.05, 0.1) is 29.9 Å². The number of carbonyl (C=O) groups excluding carboxylic acids is 1. The molecule has 2 aromatic rings. The maximum atomic E-state index is 11.7. The number of carbonyl (C=O) groups is 1. The molecule has 0 fully saturated rings. The Morgan fingerprint density at radius 1 is 0.786 bits per heavy atom. The number of nitrogens with zero attached hydrogens (tertiary/aromatic N) is 2. The van der Waals surface area contributed by atoms with Crippen LogP contribution in [0, 0.1) is 27.7 Å². The van der Waals surface area contributed by atoms with Gasteiger partial charge in [-0.2, -0.15) is 0 Å². The van der Waals surface area contributed by atoms with Crippen LogP contribution in [0.3, 0.4) is 0 Å². The predicted molar refractivity (Wildman–Crippen MR) is 177 cm³/mol. The van der Waals surface area contributed by atoms with Gasteiger partial charge in [-0.3, -0.25) is 14.8 Å². The third kappa shape index (κ3) is 6.19. The first kappa shape index (κ1) is 31.6. The monoisotopic (exact) mass is 588 g/mol. The summed E-state index contributed by atoms with van der Waals surface area (Å²) >= 11 is 6.06.